The predicted octanol–water partition coefficient (Wildman–Crippen LogP) is 4.40. The fraction of sp³-hybridized carbons (Fsp3) is 1.00. The van der Waals surface area contributed by atoms with Crippen molar-refractivity contribution in [2.24, 2.45) is 11.8 Å². The zero-order valence-electron chi connectivity index (χ0n) is 13.4. The van der Waals surface area contributed by atoms with E-state index in [1.54, 1.807) is 0 Å². The van der Waals surface area contributed by atoms with E-state index in [0.29, 0.717) is 11.8 Å². The summed E-state index contributed by atoms with van der Waals surface area (Å²) in [6.07, 6.45) is 13.8. The Bertz CT molecular complexity index is 301. The van der Waals surface area contributed by atoms with Crippen LogP contribution in [-0.4, -0.2) is 34.9 Å². The molecule has 0 aromatic carbocycles. The van der Waals surface area contributed by atoms with Crippen LogP contribution in [0.2, 0.25) is 0 Å². The lowest BCUT2D eigenvalue weighted by Crippen LogP contribution is -2.46. The molecular weight excluding hydrogens is 280 g/mol. The first-order valence-electron chi connectivity index (χ1n) is 9.19. The van der Waals surface area contributed by atoms with E-state index in [-0.39, 0.29) is 11.7 Å². The highest BCUT2D eigenvalue weighted by Gasteiger charge is 2.42. The lowest BCUT2D eigenvalue weighted by Gasteiger charge is -2.45. The van der Waals surface area contributed by atoms with Gasteiger partial charge >= 0.3 is 0 Å². The average molecular weight is 313 g/mol. The molecule has 1 saturated carbocycles. The molecule has 0 radical (unpaired) electrons. The van der Waals surface area contributed by atoms with Crippen LogP contribution in [-0.2, 0) is 4.74 Å². The summed E-state index contributed by atoms with van der Waals surface area (Å²) >= 11 is 2.06. The number of hydrogen-bond acceptors (Lipinski definition) is 3. The Hall–Kier alpha value is 0.270. The topological polar surface area (TPSA) is 29.5 Å². The van der Waals surface area contributed by atoms with Crippen molar-refractivity contribution in [1.82, 2.24) is 0 Å². The van der Waals surface area contributed by atoms with E-state index >= 15 is 0 Å². The van der Waals surface area contributed by atoms with Gasteiger partial charge in [-0.2, -0.15) is 11.8 Å². The van der Waals surface area contributed by atoms with Crippen LogP contribution in [0.25, 0.3) is 0 Å². The molecule has 2 saturated heterocycles. The molecule has 1 aliphatic carbocycles. The van der Waals surface area contributed by atoms with Gasteiger partial charge in [0.25, 0.3) is 0 Å². The van der Waals surface area contributed by atoms with Crippen LogP contribution in [0.5, 0.6) is 0 Å². The Morgan fingerprint density at radius 1 is 0.905 bits per heavy atom. The van der Waals surface area contributed by atoms with Crippen molar-refractivity contribution in [2.45, 2.75) is 82.3 Å². The maximum Gasteiger partial charge on any atom is 0.0701 e. The number of ether oxygens (including phenoxy) is 1. The van der Waals surface area contributed by atoms with Crippen molar-refractivity contribution in [3.05, 3.63) is 0 Å². The van der Waals surface area contributed by atoms with Crippen molar-refractivity contribution in [2.75, 3.05) is 18.1 Å². The predicted molar refractivity (Wildman–Crippen MR) is 89.8 cm³/mol. The molecule has 2 unspecified atom stereocenters. The van der Waals surface area contributed by atoms with Crippen molar-refractivity contribution in [3.63, 3.8) is 0 Å². The van der Waals surface area contributed by atoms with E-state index in [4.69, 9.17) is 4.74 Å². The second kappa shape index (κ2) is 7.70. The summed E-state index contributed by atoms with van der Waals surface area (Å²) in [5.74, 6) is 3.54. The van der Waals surface area contributed by atoms with E-state index in [9.17, 15) is 5.11 Å². The Balaban J connectivity index is 1.58. The van der Waals surface area contributed by atoms with Gasteiger partial charge in [-0.3, -0.25) is 0 Å². The third-order valence-corrected chi connectivity index (χ3v) is 7.04. The Labute approximate surface area is 134 Å². The lowest BCUT2D eigenvalue weighted by molar-refractivity contribution is -0.128. The van der Waals surface area contributed by atoms with Gasteiger partial charge in [0.2, 0.25) is 0 Å². The van der Waals surface area contributed by atoms with E-state index < -0.39 is 0 Å². The first-order chi connectivity index (χ1) is 10.3. The highest BCUT2D eigenvalue weighted by molar-refractivity contribution is 7.99. The van der Waals surface area contributed by atoms with Gasteiger partial charge in [-0.1, -0.05) is 32.1 Å². The van der Waals surface area contributed by atoms with E-state index in [2.05, 4.69) is 11.8 Å². The van der Waals surface area contributed by atoms with Gasteiger partial charge in [0, 0.05) is 6.61 Å². The molecule has 122 valence electrons. The second-order valence-corrected chi connectivity index (χ2v) is 8.72. The molecule has 1 spiro atoms. The molecule has 0 aromatic heterocycles. The normalized spacial score (nSPS) is 33.3. The molecular formula is C18H32O2S. The molecule has 2 aliphatic heterocycles. The van der Waals surface area contributed by atoms with Gasteiger partial charge in [0.05, 0.1) is 11.7 Å². The van der Waals surface area contributed by atoms with Crippen LogP contribution < -0.4 is 0 Å². The fourth-order valence-electron chi connectivity index (χ4n) is 4.66. The fourth-order valence-corrected chi connectivity index (χ4v) is 5.90. The van der Waals surface area contributed by atoms with E-state index in [1.165, 1.54) is 69.3 Å². The third-order valence-electron chi connectivity index (χ3n) is 6.05. The number of rotatable bonds is 2. The highest BCUT2D eigenvalue weighted by Crippen LogP contribution is 2.42. The summed E-state index contributed by atoms with van der Waals surface area (Å²) in [5.41, 5.74) is 0.122. The summed E-state index contributed by atoms with van der Waals surface area (Å²) in [7, 11) is 0. The molecule has 0 amide bonds. The molecule has 0 aromatic rings. The van der Waals surface area contributed by atoms with Gasteiger partial charge in [-0.15, -0.1) is 0 Å². The zero-order valence-corrected chi connectivity index (χ0v) is 14.2. The smallest absolute Gasteiger partial charge is 0.0701 e. The van der Waals surface area contributed by atoms with Crippen molar-refractivity contribution in [3.8, 4) is 0 Å². The minimum absolute atomic E-state index is 0.0709. The van der Waals surface area contributed by atoms with Crippen LogP contribution >= 0.6 is 11.8 Å². The quantitative estimate of drug-likeness (QED) is 0.819. The largest absolute Gasteiger partial charge is 0.393 e. The van der Waals surface area contributed by atoms with Crippen LogP contribution in [0.4, 0.5) is 0 Å². The second-order valence-electron chi connectivity index (χ2n) is 7.49. The van der Waals surface area contributed by atoms with Crippen LogP contribution in [0, 0.1) is 11.8 Å². The molecule has 3 heteroatoms. The van der Waals surface area contributed by atoms with Gasteiger partial charge in [-0.25, -0.2) is 0 Å². The molecule has 3 fully saturated rings. The lowest BCUT2D eigenvalue weighted by atomic mass is 9.74. The number of thioether (sulfide) groups is 1. The summed E-state index contributed by atoms with van der Waals surface area (Å²) in [6.45, 7) is 0.874. The molecule has 2 heterocycles. The number of hydrogen-bond donors (Lipinski definition) is 1. The SMILES string of the molecule is OC(C1CCCCCCC1)C1CCOC2(CCSCC2)C1. The maximum absolute atomic E-state index is 11.0. The van der Waals surface area contributed by atoms with Crippen LogP contribution in [0.3, 0.4) is 0 Å². The van der Waals surface area contributed by atoms with Gasteiger partial charge in [0.1, 0.15) is 0 Å². The zero-order chi connectivity index (χ0) is 14.5. The standard InChI is InChI=1S/C18H32O2S/c19-17(15-6-4-2-1-3-5-7-15)16-8-11-20-18(14-16)9-12-21-13-10-18/h15-17,19H,1-14H2. The molecule has 2 nitrogen and oxygen atoms in total. The molecule has 1 N–H and O–H groups in total. The van der Waals surface area contributed by atoms with E-state index in [1.807, 2.05) is 0 Å². The van der Waals surface area contributed by atoms with Gasteiger partial charge in [0.15, 0.2) is 0 Å². The minimum Gasteiger partial charge on any atom is -0.393 e. The number of aliphatic hydroxyl groups is 1. The van der Waals surface area contributed by atoms with Crippen molar-refractivity contribution < 1.29 is 9.84 Å². The monoisotopic (exact) mass is 312 g/mol. The van der Waals surface area contributed by atoms with Crippen molar-refractivity contribution >= 4 is 11.8 Å². The summed E-state index contributed by atoms with van der Waals surface area (Å²) in [4.78, 5) is 0. The Morgan fingerprint density at radius 2 is 1.57 bits per heavy atom. The highest BCUT2D eigenvalue weighted by atomic mass is 32.2. The van der Waals surface area contributed by atoms with Gasteiger partial charge in [-0.05, 0) is 61.9 Å². The number of aliphatic hydroxyl groups excluding tert-OH is 1. The van der Waals surface area contributed by atoms with Crippen LogP contribution in [0.1, 0.15) is 70.6 Å². The van der Waals surface area contributed by atoms with E-state index in [0.717, 1.165) is 19.4 Å². The average Bonchev–Trinajstić information content (AvgIpc) is 2.47. The third kappa shape index (κ3) is 4.17. The molecule has 3 aliphatic rings. The van der Waals surface area contributed by atoms with Crippen molar-refractivity contribution in [1.29, 1.82) is 0 Å². The first-order valence-corrected chi connectivity index (χ1v) is 10.3. The molecule has 3 rings (SSSR count). The Kier molecular flexibility index (Phi) is 5.92. The first kappa shape index (κ1) is 16.1. The molecule has 0 bridgehead atoms. The minimum atomic E-state index is -0.0709. The Morgan fingerprint density at radius 3 is 2.29 bits per heavy atom. The summed E-state index contributed by atoms with van der Waals surface area (Å²) < 4.78 is 6.19. The molecule has 2 atom stereocenters. The van der Waals surface area contributed by atoms with Gasteiger partial charge < -0.3 is 9.84 Å². The summed E-state index contributed by atoms with van der Waals surface area (Å²) in [5, 5.41) is 11.0. The van der Waals surface area contributed by atoms with Crippen LogP contribution in [0.15, 0.2) is 0 Å². The maximum atomic E-state index is 11.0. The summed E-state index contributed by atoms with van der Waals surface area (Å²) in [6, 6.07) is 0. The molecule has 21 heavy (non-hydrogen) atoms.